The minimum Gasteiger partial charge on any atom is -0.480 e. The largest absolute Gasteiger partial charge is 0.480 e. The van der Waals surface area contributed by atoms with Gasteiger partial charge in [0.15, 0.2) is 0 Å². The fraction of sp³-hybridized carbons (Fsp3) is 0.300. The molecule has 0 spiro atoms. The minimum absolute atomic E-state index is 0.186. The summed E-state index contributed by atoms with van der Waals surface area (Å²) in [5, 5.41) is 11.9. The molecule has 1 fully saturated rings. The van der Waals surface area contributed by atoms with Gasteiger partial charge in [-0.25, -0.2) is 4.39 Å². The minimum atomic E-state index is -0.881. The molecule has 16 heavy (non-hydrogen) atoms. The Morgan fingerprint density at radius 3 is 2.94 bits per heavy atom. The summed E-state index contributed by atoms with van der Waals surface area (Å²) in [6, 6.07) is 3.55. The van der Waals surface area contributed by atoms with Gasteiger partial charge in [0, 0.05) is 10.8 Å². The monoisotopic (exact) mass is 261 g/mol. The summed E-state index contributed by atoms with van der Waals surface area (Å²) in [7, 11) is 0. The fourth-order valence-corrected chi connectivity index (χ4v) is 3.12. The lowest BCUT2D eigenvalue weighted by molar-refractivity contribution is -0.138. The number of carbonyl (C=O) groups is 1. The SMILES string of the molecule is O=C(O)[C@H]1CSC(c2ccc(F)cc2Cl)N1. The van der Waals surface area contributed by atoms with E-state index in [1.54, 1.807) is 6.07 Å². The summed E-state index contributed by atoms with van der Waals surface area (Å²) in [5.41, 5.74) is 0.719. The van der Waals surface area contributed by atoms with Crippen LogP contribution in [0.3, 0.4) is 0 Å². The van der Waals surface area contributed by atoms with Crippen molar-refractivity contribution in [2.75, 3.05) is 5.75 Å². The zero-order valence-electron chi connectivity index (χ0n) is 8.11. The summed E-state index contributed by atoms with van der Waals surface area (Å²) in [4.78, 5) is 10.7. The molecule has 1 aromatic carbocycles. The van der Waals surface area contributed by atoms with Crippen LogP contribution < -0.4 is 5.32 Å². The molecular weight excluding hydrogens is 253 g/mol. The predicted molar refractivity (Wildman–Crippen MR) is 61.2 cm³/mol. The van der Waals surface area contributed by atoms with Crippen LogP contribution in [0.4, 0.5) is 4.39 Å². The molecule has 0 aromatic heterocycles. The van der Waals surface area contributed by atoms with Gasteiger partial charge in [0.05, 0.1) is 5.37 Å². The highest BCUT2D eigenvalue weighted by atomic mass is 35.5. The molecule has 2 rings (SSSR count). The van der Waals surface area contributed by atoms with E-state index in [1.807, 2.05) is 0 Å². The second-order valence-corrected chi connectivity index (χ2v) is 4.98. The van der Waals surface area contributed by atoms with Crippen LogP contribution in [0.1, 0.15) is 10.9 Å². The van der Waals surface area contributed by atoms with Crippen LogP contribution in [0.2, 0.25) is 5.02 Å². The van der Waals surface area contributed by atoms with Gasteiger partial charge in [-0.2, -0.15) is 0 Å². The molecule has 0 saturated carbocycles. The Hall–Kier alpha value is -0.780. The lowest BCUT2D eigenvalue weighted by Crippen LogP contribution is -2.33. The number of carboxylic acid groups (broad SMARTS) is 1. The molecule has 0 aliphatic carbocycles. The number of aliphatic carboxylic acids is 1. The summed E-state index contributed by atoms with van der Waals surface area (Å²) in [5.74, 6) is -0.798. The van der Waals surface area contributed by atoms with E-state index in [0.29, 0.717) is 10.8 Å². The number of thioether (sulfide) groups is 1. The molecule has 1 saturated heterocycles. The van der Waals surface area contributed by atoms with Crippen molar-refractivity contribution in [2.45, 2.75) is 11.4 Å². The number of nitrogens with one attached hydrogen (secondary N) is 1. The van der Waals surface area contributed by atoms with Crippen molar-refractivity contribution in [1.29, 1.82) is 0 Å². The van der Waals surface area contributed by atoms with Crippen molar-refractivity contribution in [3.05, 3.63) is 34.6 Å². The van der Waals surface area contributed by atoms with E-state index < -0.39 is 17.8 Å². The molecule has 86 valence electrons. The molecule has 0 radical (unpaired) electrons. The first kappa shape index (κ1) is 11.7. The highest BCUT2D eigenvalue weighted by molar-refractivity contribution is 7.99. The quantitative estimate of drug-likeness (QED) is 0.858. The fourth-order valence-electron chi connectivity index (χ4n) is 1.51. The van der Waals surface area contributed by atoms with Gasteiger partial charge in [0.2, 0.25) is 0 Å². The molecule has 1 unspecified atom stereocenters. The van der Waals surface area contributed by atoms with E-state index in [-0.39, 0.29) is 5.37 Å². The van der Waals surface area contributed by atoms with Crippen LogP contribution in [0.15, 0.2) is 18.2 Å². The molecule has 2 atom stereocenters. The number of halogens is 2. The Bertz CT molecular complexity index is 429. The number of rotatable bonds is 2. The van der Waals surface area contributed by atoms with Gasteiger partial charge < -0.3 is 5.11 Å². The first-order chi connectivity index (χ1) is 7.58. The predicted octanol–water partition coefficient (Wildman–Crippen LogP) is 2.27. The number of carboxylic acids is 1. The number of hydrogen-bond acceptors (Lipinski definition) is 3. The van der Waals surface area contributed by atoms with Crippen molar-refractivity contribution in [3.8, 4) is 0 Å². The maximum atomic E-state index is 12.8. The van der Waals surface area contributed by atoms with Crippen LogP contribution in [-0.2, 0) is 4.79 Å². The number of hydrogen-bond donors (Lipinski definition) is 2. The normalized spacial score (nSPS) is 24.6. The zero-order valence-corrected chi connectivity index (χ0v) is 9.69. The summed E-state index contributed by atoms with van der Waals surface area (Å²) < 4.78 is 12.8. The summed E-state index contributed by atoms with van der Waals surface area (Å²) >= 11 is 7.35. The van der Waals surface area contributed by atoms with Crippen LogP contribution in [-0.4, -0.2) is 22.9 Å². The van der Waals surface area contributed by atoms with Gasteiger partial charge in [-0.3, -0.25) is 10.1 Å². The van der Waals surface area contributed by atoms with Gasteiger partial charge in [-0.15, -0.1) is 11.8 Å². The van der Waals surface area contributed by atoms with E-state index in [2.05, 4.69) is 5.32 Å². The third-order valence-corrected chi connectivity index (χ3v) is 3.90. The Morgan fingerprint density at radius 2 is 2.38 bits per heavy atom. The topological polar surface area (TPSA) is 49.3 Å². The Kier molecular flexibility index (Phi) is 3.37. The number of benzene rings is 1. The van der Waals surface area contributed by atoms with E-state index >= 15 is 0 Å². The summed E-state index contributed by atoms with van der Waals surface area (Å²) in [6.07, 6.45) is 0. The molecule has 1 aliphatic heterocycles. The van der Waals surface area contributed by atoms with Gasteiger partial charge in [-0.1, -0.05) is 17.7 Å². The first-order valence-corrected chi connectivity index (χ1v) is 6.06. The second kappa shape index (κ2) is 4.61. The van der Waals surface area contributed by atoms with Crippen molar-refractivity contribution < 1.29 is 14.3 Å². The van der Waals surface area contributed by atoms with Crippen molar-refractivity contribution >= 4 is 29.3 Å². The standard InChI is InChI=1S/C10H9ClFNO2S/c11-7-3-5(12)1-2-6(7)9-13-8(4-16-9)10(14)15/h1-3,8-9,13H,4H2,(H,14,15)/t8-,9?/m1/s1. The van der Waals surface area contributed by atoms with E-state index in [9.17, 15) is 9.18 Å². The van der Waals surface area contributed by atoms with Gasteiger partial charge in [-0.05, 0) is 17.7 Å². The molecule has 3 nitrogen and oxygen atoms in total. The molecule has 1 aliphatic rings. The van der Waals surface area contributed by atoms with Crippen molar-refractivity contribution in [3.63, 3.8) is 0 Å². The molecular formula is C10H9ClFNO2S. The molecule has 6 heteroatoms. The van der Waals surface area contributed by atoms with Crippen LogP contribution in [0, 0.1) is 5.82 Å². The summed E-state index contributed by atoms with van der Waals surface area (Å²) in [6.45, 7) is 0. The second-order valence-electron chi connectivity index (χ2n) is 3.44. The maximum Gasteiger partial charge on any atom is 0.321 e. The van der Waals surface area contributed by atoms with Crippen molar-refractivity contribution in [2.24, 2.45) is 0 Å². The van der Waals surface area contributed by atoms with E-state index in [1.165, 1.54) is 23.9 Å². The smallest absolute Gasteiger partial charge is 0.321 e. The third kappa shape index (κ3) is 2.31. The zero-order chi connectivity index (χ0) is 11.7. The van der Waals surface area contributed by atoms with Crippen LogP contribution in [0.25, 0.3) is 0 Å². The molecule has 1 heterocycles. The lowest BCUT2D eigenvalue weighted by atomic mass is 10.2. The molecule has 2 N–H and O–H groups in total. The van der Waals surface area contributed by atoms with Gasteiger partial charge in [0.25, 0.3) is 0 Å². The Morgan fingerprint density at radius 1 is 1.62 bits per heavy atom. The molecule has 0 amide bonds. The van der Waals surface area contributed by atoms with E-state index in [4.69, 9.17) is 16.7 Å². The van der Waals surface area contributed by atoms with Gasteiger partial charge in [0.1, 0.15) is 11.9 Å². The lowest BCUT2D eigenvalue weighted by Gasteiger charge is -2.12. The van der Waals surface area contributed by atoms with Crippen molar-refractivity contribution in [1.82, 2.24) is 5.32 Å². The third-order valence-electron chi connectivity index (χ3n) is 2.33. The van der Waals surface area contributed by atoms with Gasteiger partial charge >= 0.3 is 5.97 Å². The molecule has 0 bridgehead atoms. The van der Waals surface area contributed by atoms with Crippen LogP contribution >= 0.6 is 23.4 Å². The van der Waals surface area contributed by atoms with E-state index in [0.717, 1.165) is 5.56 Å². The average molecular weight is 262 g/mol. The first-order valence-electron chi connectivity index (χ1n) is 4.63. The molecule has 1 aromatic rings. The maximum absolute atomic E-state index is 12.8. The Balaban J connectivity index is 2.17. The highest BCUT2D eigenvalue weighted by Gasteiger charge is 2.31. The average Bonchev–Trinajstić information content (AvgIpc) is 2.66. The van der Waals surface area contributed by atoms with Crippen LogP contribution in [0.5, 0.6) is 0 Å². The highest BCUT2D eigenvalue weighted by Crippen LogP contribution is 2.36. The Labute approximate surface area is 101 Å².